The summed E-state index contributed by atoms with van der Waals surface area (Å²) in [4.78, 5) is 10.4. The van der Waals surface area contributed by atoms with Gasteiger partial charge in [0.15, 0.2) is 0 Å². The summed E-state index contributed by atoms with van der Waals surface area (Å²) < 4.78 is 0. The lowest BCUT2D eigenvalue weighted by Crippen LogP contribution is -2.08. The number of nitrogens with one attached hydrogen (secondary N) is 1. The van der Waals surface area contributed by atoms with E-state index >= 15 is 0 Å². The number of carbonyl (C=O) groups is 1. The molecular formula is C13H14N2O2. The number of benzene rings is 2. The molecule has 88 valence electrons. The number of carboxylic acids is 1. The zero-order valence-electron chi connectivity index (χ0n) is 9.31. The first-order chi connectivity index (χ1) is 8.16. The molecule has 2 rings (SSSR count). The van der Waals surface area contributed by atoms with Crippen LogP contribution in [0.4, 0.5) is 11.4 Å². The van der Waals surface area contributed by atoms with Gasteiger partial charge in [0.25, 0.3) is 0 Å². The van der Waals surface area contributed by atoms with E-state index in [1.165, 1.54) is 0 Å². The number of hydrogen-bond acceptors (Lipinski definition) is 3. The van der Waals surface area contributed by atoms with Gasteiger partial charge in [0, 0.05) is 6.54 Å². The Kier molecular flexibility index (Phi) is 3.14. The van der Waals surface area contributed by atoms with Crippen molar-refractivity contribution in [1.82, 2.24) is 0 Å². The lowest BCUT2D eigenvalue weighted by Gasteiger charge is -2.09. The maximum atomic E-state index is 10.4. The maximum Gasteiger partial charge on any atom is 0.305 e. The third kappa shape index (κ3) is 2.66. The SMILES string of the molecule is Nc1cc2ccccc2cc1NCCC(=O)O. The van der Waals surface area contributed by atoms with Crippen LogP contribution in [0.3, 0.4) is 0 Å². The molecule has 4 N–H and O–H groups in total. The fourth-order valence-electron chi connectivity index (χ4n) is 1.72. The molecule has 0 aliphatic carbocycles. The van der Waals surface area contributed by atoms with Crippen LogP contribution >= 0.6 is 0 Å². The topological polar surface area (TPSA) is 75.3 Å². The number of carboxylic acid groups (broad SMARTS) is 1. The highest BCUT2D eigenvalue weighted by atomic mass is 16.4. The molecule has 17 heavy (non-hydrogen) atoms. The van der Waals surface area contributed by atoms with Gasteiger partial charge in [-0.15, -0.1) is 0 Å². The molecule has 2 aromatic rings. The van der Waals surface area contributed by atoms with Crippen molar-refractivity contribution in [1.29, 1.82) is 0 Å². The monoisotopic (exact) mass is 230 g/mol. The predicted octanol–water partition coefficient (Wildman–Crippen LogP) is 2.31. The molecule has 0 aliphatic heterocycles. The second-order valence-electron chi connectivity index (χ2n) is 3.86. The van der Waals surface area contributed by atoms with Gasteiger partial charge in [-0.2, -0.15) is 0 Å². The minimum absolute atomic E-state index is 0.0757. The van der Waals surface area contributed by atoms with Crippen molar-refractivity contribution < 1.29 is 9.90 Å². The minimum Gasteiger partial charge on any atom is -0.481 e. The minimum atomic E-state index is -0.822. The number of nitrogen functional groups attached to an aromatic ring is 1. The van der Waals surface area contributed by atoms with Gasteiger partial charge in [-0.25, -0.2) is 0 Å². The molecule has 4 heteroatoms. The van der Waals surface area contributed by atoms with Crippen molar-refractivity contribution >= 4 is 28.1 Å². The Labute approximate surface area is 99.1 Å². The molecule has 0 spiro atoms. The van der Waals surface area contributed by atoms with Crippen LogP contribution in [-0.2, 0) is 4.79 Å². The standard InChI is InChI=1S/C13H14N2O2/c14-11-7-9-3-1-2-4-10(9)8-12(11)15-6-5-13(16)17/h1-4,7-8,15H,5-6,14H2,(H,16,17). The Bertz CT molecular complexity index is 552. The van der Waals surface area contributed by atoms with Gasteiger partial charge in [0.05, 0.1) is 17.8 Å². The Morgan fingerprint density at radius 2 is 1.88 bits per heavy atom. The molecule has 0 aromatic heterocycles. The molecule has 0 amide bonds. The summed E-state index contributed by atoms with van der Waals surface area (Å²) in [6.45, 7) is 0.373. The van der Waals surface area contributed by atoms with E-state index in [1.54, 1.807) is 0 Å². The van der Waals surface area contributed by atoms with Gasteiger partial charge in [-0.1, -0.05) is 24.3 Å². The summed E-state index contributed by atoms with van der Waals surface area (Å²) in [6.07, 6.45) is 0.0757. The van der Waals surface area contributed by atoms with Gasteiger partial charge >= 0.3 is 5.97 Å². The van der Waals surface area contributed by atoms with Crippen molar-refractivity contribution in [2.75, 3.05) is 17.6 Å². The highest BCUT2D eigenvalue weighted by molar-refractivity contribution is 5.91. The smallest absolute Gasteiger partial charge is 0.305 e. The van der Waals surface area contributed by atoms with E-state index < -0.39 is 5.97 Å². The van der Waals surface area contributed by atoms with Gasteiger partial charge in [0.2, 0.25) is 0 Å². The maximum absolute atomic E-state index is 10.4. The molecule has 4 nitrogen and oxygen atoms in total. The second kappa shape index (κ2) is 4.74. The van der Waals surface area contributed by atoms with Crippen molar-refractivity contribution in [3.8, 4) is 0 Å². The van der Waals surface area contributed by atoms with Gasteiger partial charge in [-0.05, 0) is 22.9 Å². The van der Waals surface area contributed by atoms with E-state index in [1.807, 2.05) is 36.4 Å². The van der Waals surface area contributed by atoms with Crippen LogP contribution in [0.1, 0.15) is 6.42 Å². The molecular weight excluding hydrogens is 216 g/mol. The van der Waals surface area contributed by atoms with Gasteiger partial charge in [-0.3, -0.25) is 4.79 Å². The first-order valence-electron chi connectivity index (χ1n) is 5.41. The summed E-state index contributed by atoms with van der Waals surface area (Å²) in [5, 5.41) is 13.8. The summed E-state index contributed by atoms with van der Waals surface area (Å²) in [5.41, 5.74) is 7.31. The Morgan fingerprint density at radius 1 is 1.24 bits per heavy atom. The second-order valence-corrected chi connectivity index (χ2v) is 3.86. The van der Waals surface area contributed by atoms with Crippen molar-refractivity contribution in [2.24, 2.45) is 0 Å². The van der Waals surface area contributed by atoms with Crippen LogP contribution in [0.5, 0.6) is 0 Å². The first-order valence-corrected chi connectivity index (χ1v) is 5.41. The number of rotatable bonds is 4. The average Bonchev–Trinajstić information content (AvgIpc) is 2.29. The normalized spacial score (nSPS) is 10.4. The number of nitrogens with two attached hydrogens (primary N) is 1. The Morgan fingerprint density at radius 3 is 2.53 bits per heavy atom. The van der Waals surface area contributed by atoms with Crippen LogP contribution in [0, 0.1) is 0 Å². The molecule has 0 saturated heterocycles. The zero-order valence-corrected chi connectivity index (χ0v) is 9.31. The van der Waals surface area contributed by atoms with E-state index in [0.29, 0.717) is 12.2 Å². The summed E-state index contributed by atoms with van der Waals surface area (Å²) >= 11 is 0. The quantitative estimate of drug-likeness (QED) is 0.704. The van der Waals surface area contributed by atoms with Crippen LogP contribution in [0.2, 0.25) is 0 Å². The molecule has 0 bridgehead atoms. The lowest BCUT2D eigenvalue weighted by atomic mass is 10.1. The van der Waals surface area contributed by atoms with Gasteiger partial charge in [0.1, 0.15) is 0 Å². The van der Waals surface area contributed by atoms with Crippen LogP contribution in [0.15, 0.2) is 36.4 Å². The Hall–Kier alpha value is -2.23. The molecule has 0 heterocycles. The summed E-state index contributed by atoms with van der Waals surface area (Å²) in [5.74, 6) is -0.822. The molecule has 0 radical (unpaired) electrons. The number of anilines is 2. The molecule has 0 aliphatic rings. The largest absolute Gasteiger partial charge is 0.481 e. The predicted molar refractivity (Wildman–Crippen MR) is 69.1 cm³/mol. The van der Waals surface area contributed by atoms with Crippen molar-refractivity contribution in [3.63, 3.8) is 0 Å². The zero-order chi connectivity index (χ0) is 12.3. The summed E-state index contributed by atoms with van der Waals surface area (Å²) in [7, 11) is 0. The molecule has 2 aromatic carbocycles. The number of aliphatic carboxylic acids is 1. The molecule has 0 unspecified atom stereocenters. The third-order valence-corrected chi connectivity index (χ3v) is 2.57. The summed E-state index contributed by atoms with van der Waals surface area (Å²) in [6, 6.07) is 11.7. The van der Waals surface area contributed by atoms with Crippen LogP contribution in [-0.4, -0.2) is 17.6 Å². The van der Waals surface area contributed by atoms with Gasteiger partial charge < -0.3 is 16.2 Å². The van der Waals surface area contributed by atoms with Crippen LogP contribution in [0.25, 0.3) is 10.8 Å². The first kappa shape index (κ1) is 11.3. The highest BCUT2D eigenvalue weighted by Crippen LogP contribution is 2.25. The highest BCUT2D eigenvalue weighted by Gasteiger charge is 2.02. The van der Waals surface area contributed by atoms with Crippen molar-refractivity contribution in [3.05, 3.63) is 36.4 Å². The van der Waals surface area contributed by atoms with E-state index in [2.05, 4.69) is 5.32 Å². The lowest BCUT2D eigenvalue weighted by molar-refractivity contribution is -0.136. The fraction of sp³-hybridized carbons (Fsp3) is 0.154. The molecule has 0 saturated carbocycles. The molecule has 0 atom stereocenters. The Balaban J connectivity index is 2.22. The van der Waals surface area contributed by atoms with Crippen molar-refractivity contribution in [2.45, 2.75) is 6.42 Å². The third-order valence-electron chi connectivity index (χ3n) is 2.57. The van der Waals surface area contributed by atoms with E-state index in [4.69, 9.17) is 10.8 Å². The van der Waals surface area contributed by atoms with E-state index in [0.717, 1.165) is 16.5 Å². The number of fused-ring (bicyclic) bond motifs is 1. The van der Waals surface area contributed by atoms with E-state index in [-0.39, 0.29) is 6.42 Å². The fourth-order valence-corrected chi connectivity index (χ4v) is 1.72. The number of hydrogen-bond donors (Lipinski definition) is 3. The molecule has 0 fully saturated rings. The van der Waals surface area contributed by atoms with E-state index in [9.17, 15) is 4.79 Å². The van der Waals surface area contributed by atoms with Crippen LogP contribution < -0.4 is 11.1 Å². The average molecular weight is 230 g/mol.